The van der Waals surface area contributed by atoms with Gasteiger partial charge < -0.3 is 15.8 Å². The molecular formula is C12H16ClN3O4. The number of likely N-dealkylation sites (N-methyl/N-ethyl adjacent to an activating group) is 1. The third kappa shape index (κ3) is 3.82. The van der Waals surface area contributed by atoms with Crippen LogP contribution in [0, 0.1) is 10.1 Å². The van der Waals surface area contributed by atoms with Crippen LogP contribution in [0.25, 0.3) is 0 Å². The summed E-state index contributed by atoms with van der Waals surface area (Å²) in [5.74, 6) is -0.452. The minimum absolute atomic E-state index is 0.0862. The number of carbonyl (C=O) groups is 1. The van der Waals surface area contributed by atoms with E-state index in [4.69, 9.17) is 22.1 Å². The number of non-ortho nitro benzene ring substituents is 1. The highest BCUT2D eigenvalue weighted by Crippen LogP contribution is 2.29. The number of nitrogens with two attached hydrogens (primary N) is 1. The second-order valence-electron chi connectivity index (χ2n) is 4.39. The van der Waals surface area contributed by atoms with Crippen LogP contribution in [0.4, 0.5) is 5.69 Å². The van der Waals surface area contributed by atoms with Crippen molar-refractivity contribution < 1.29 is 14.5 Å². The standard InChI is InChI=1S/C12H16ClN3O4/c1-3-15-12(2,11(14)17)7-20-10-6-8(16(18)19)4-5-9(10)13/h4-6,15H,3,7H2,1-2H3,(H2,14,17). The van der Waals surface area contributed by atoms with Gasteiger partial charge >= 0.3 is 0 Å². The Morgan fingerprint density at radius 3 is 2.75 bits per heavy atom. The molecule has 20 heavy (non-hydrogen) atoms. The first-order chi connectivity index (χ1) is 9.30. The topological polar surface area (TPSA) is 107 Å². The van der Waals surface area contributed by atoms with E-state index in [1.165, 1.54) is 18.2 Å². The number of nitro groups is 1. The summed E-state index contributed by atoms with van der Waals surface area (Å²) in [4.78, 5) is 21.6. The van der Waals surface area contributed by atoms with Crippen LogP contribution >= 0.6 is 11.6 Å². The number of amides is 1. The van der Waals surface area contributed by atoms with E-state index >= 15 is 0 Å². The maximum atomic E-state index is 11.4. The summed E-state index contributed by atoms with van der Waals surface area (Å²) in [7, 11) is 0. The van der Waals surface area contributed by atoms with Gasteiger partial charge in [0.1, 0.15) is 17.9 Å². The fourth-order valence-corrected chi connectivity index (χ4v) is 1.71. The summed E-state index contributed by atoms with van der Waals surface area (Å²) < 4.78 is 5.41. The summed E-state index contributed by atoms with van der Waals surface area (Å²) in [6.45, 7) is 3.84. The summed E-state index contributed by atoms with van der Waals surface area (Å²) >= 11 is 5.90. The second-order valence-corrected chi connectivity index (χ2v) is 4.79. The van der Waals surface area contributed by atoms with E-state index < -0.39 is 16.4 Å². The average Bonchev–Trinajstić information content (AvgIpc) is 2.37. The second kappa shape index (κ2) is 6.53. The van der Waals surface area contributed by atoms with Gasteiger partial charge in [0.25, 0.3) is 5.69 Å². The lowest BCUT2D eigenvalue weighted by Gasteiger charge is -2.27. The molecule has 3 N–H and O–H groups in total. The lowest BCUT2D eigenvalue weighted by atomic mass is 10.0. The molecule has 0 aliphatic carbocycles. The lowest BCUT2D eigenvalue weighted by Crippen LogP contribution is -2.57. The molecule has 0 aromatic heterocycles. The van der Waals surface area contributed by atoms with Crippen molar-refractivity contribution >= 4 is 23.2 Å². The Kier molecular flexibility index (Phi) is 5.29. The number of ether oxygens (including phenoxy) is 1. The van der Waals surface area contributed by atoms with E-state index in [9.17, 15) is 14.9 Å². The zero-order chi connectivity index (χ0) is 15.3. The van der Waals surface area contributed by atoms with Crippen molar-refractivity contribution in [3.63, 3.8) is 0 Å². The van der Waals surface area contributed by atoms with Crippen molar-refractivity contribution in [3.05, 3.63) is 33.3 Å². The molecule has 0 saturated heterocycles. The number of nitro benzene ring substituents is 1. The van der Waals surface area contributed by atoms with Gasteiger partial charge in [-0.3, -0.25) is 14.9 Å². The van der Waals surface area contributed by atoms with Gasteiger partial charge in [0.15, 0.2) is 0 Å². The number of primary amides is 1. The monoisotopic (exact) mass is 301 g/mol. The van der Waals surface area contributed by atoms with Crippen LogP contribution in [0.15, 0.2) is 18.2 Å². The van der Waals surface area contributed by atoms with Crippen LogP contribution < -0.4 is 15.8 Å². The van der Waals surface area contributed by atoms with Gasteiger partial charge in [-0.05, 0) is 19.5 Å². The van der Waals surface area contributed by atoms with Gasteiger partial charge in [-0.2, -0.15) is 0 Å². The van der Waals surface area contributed by atoms with E-state index in [0.717, 1.165) is 0 Å². The molecule has 110 valence electrons. The van der Waals surface area contributed by atoms with Gasteiger partial charge in [-0.15, -0.1) is 0 Å². The van der Waals surface area contributed by atoms with E-state index in [0.29, 0.717) is 6.54 Å². The van der Waals surface area contributed by atoms with E-state index in [1.54, 1.807) is 6.92 Å². The SMILES string of the molecule is CCNC(C)(COc1cc([N+](=O)[O-])ccc1Cl)C(N)=O. The van der Waals surface area contributed by atoms with Crippen LogP contribution in [0.1, 0.15) is 13.8 Å². The first-order valence-electron chi connectivity index (χ1n) is 5.92. The molecule has 1 atom stereocenters. The number of hydrogen-bond acceptors (Lipinski definition) is 5. The summed E-state index contributed by atoms with van der Waals surface area (Å²) in [5, 5.41) is 13.8. The third-order valence-electron chi connectivity index (χ3n) is 2.75. The third-order valence-corrected chi connectivity index (χ3v) is 3.06. The molecule has 0 saturated carbocycles. The fraction of sp³-hybridized carbons (Fsp3) is 0.417. The van der Waals surface area contributed by atoms with Crippen molar-refractivity contribution in [2.24, 2.45) is 5.73 Å². The number of hydrogen-bond donors (Lipinski definition) is 2. The molecule has 0 spiro atoms. The maximum Gasteiger partial charge on any atom is 0.273 e. The smallest absolute Gasteiger partial charge is 0.273 e. The average molecular weight is 302 g/mol. The van der Waals surface area contributed by atoms with Crippen molar-refractivity contribution in [2.75, 3.05) is 13.2 Å². The van der Waals surface area contributed by atoms with Crippen molar-refractivity contribution in [1.29, 1.82) is 0 Å². The number of nitrogens with one attached hydrogen (secondary N) is 1. The summed E-state index contributed by atoms with van der Waals surface area (Å²) in [6.07, 6.45) is 0. The summed E-state index contributed by atoms with van der Waals surface area (Å²) in [5.41, 5.74) is 4.09. The van der Waals surface area contributed by atoms with Gasteiger partial charge in [0.2, 0.25) is 5.91 Å². The Labute approximate surface area is 121 Å². The zero-order valence-corrected chi connectivity index (χ0v) is 11.9. The quantitative estimate of drug-likeness (QED) is 0.586. The molecule has 1 unspecified atom stereocenters. The van der Waals surface area contributed by atoms with Crippen molar-refractivity contribution in [3.8, 4) is 5.75 Å². The molecule has 0 bridgehead atoms. The minimum Gasteiger partial charge on any atom is -0.489 e. The number of rotatable bonds is 7. The van der Waals surface area contributed by atoms with Crippen molar-refractivity contribution in [1.82, 2.24) is 5.32 Å². The molecule has 1 aromatic carbocycles. The van der Waals surface area contributed by atoms with Gasteiger partial charge in [0.05, 0.1) is 16.0 Å². The Bertz CT molecular complexity index is 523. The maximum absolute atomic E-state index is 11.4. The van der Waals surface area contributed by atoms with Crippen LogP contribution in [0.2, 0.25) is 5.02 Å². The largest absolute Gasteiger partial charge is 0.489 e. The van der Waals surface area contributed by atoms with Gasteiger partial charge in [0, 0.05) is 6.07 Å². The molecule has 0 aliphatic rings. The molecule has 0 fully saturated rings. The van der Waals surface area contributed by atoms with E-state index in [-0.39, 0.29) is 23.1 Å². The first kappa shape index (κ1) is 16.2. The highest BCUT2D eigenvalue weighted by atomic mass is 35.5. The Morgan fingerprint density at radius 1 is 1.60 bits per heavy atom. The van der Waals surface area contributed by atoms with Crippen molar-refractivity contribution in [2.45, 2.75) is 19.4 Å². The molecular weight excluding hydrogens is 286 g/mol. The lowest BCUT2D eigenvalue weighted by molar-refractivity contribution is -0.384. The molecule has 8 heteroatoms. The Hall–Kier alpha value is -1.86. The molecule has 1 rings (SSSR count). The highest BCUT2D eigenvalue weighted by Gasteiger charge is 2.31. The Morgan fingerprint density at radius 2 is 2.25 bits per heavy atom. The van der Waals surface area contributed by atoms with E-state index in [2.05, 4.69) is 5.32 Å². The van der Waals surface area contributed by atoms with Gasteiger partial charge in [-0.1, -0.05) is 18.5 Å². The molecule has 0 radical (unpaired) electrons. The predicted molar refractivity (Wildman–Crippen MR) is 74.9 cm³/mol. The Balaban J connectivity index is 2.90. The minimum atomic E-state index is -1.08. The summed E-state index contributed by atoms with van der Waals surface area (Å²) in [6, 6.07) is 3.84. The normalized spacial score (nSPS) is 13.6. The van der Waals surface area contributed by atoms with Crippen LogP contribution in [0.5, 0.6) is 5.75 Å². The molecule has 1 amide bonds. The molecule has 1 aromatic rings. The van der Waals surface area contributed by atoms with E-state index in [1.807, 2.05) is 6.92 Å². The zero-order valence-electron chi connectivity index (χ0n) is 11.2. The highest BCUT2D eigenvalue weighted by molar-refractivity contribution is 6.32. The van der Waals surface area contributed by atoms with Crippen LogP contribution in [-0.4, -0.2) is 29.5 Å². The molecule has 0 heterocycles. The number of benzene rings is 1. The van der Waals surface area contributed by atoms with Crippen LogP contribution in [-0.2, 0) is 4.79 Å². The number of carbonyl (C=O) groups excluding carboxylic acids is 1. The van der Waals surface area contributed by atoms with Gasteiger partial charge in [-0.25, -0.2) is 0 Å². The predicted octanol–water partition coefficient (Wildman–Crippen LogP) is 1.48. The molecule has 7 nitrogen and oxygen atoms in total. The number of nitrogens with zero attached hydrogens (tertiary/aromatic N) is 1. The number of halogens is 1. The molecule has 0 aliphatic heterocycles. The van der Waals surface area contributed by atoms with Crippen LogP contribution in [0.3, 0.4) is 0 Å². The fourth-order valence-electron chi connectivity index (χ4n) is 1.54. The first-order valence-corrected chi connectivity index (χ1v) is 6.29.